The molecule has 0 radical (unpaired) electrons. The van der Waals surface area contributed by atoms with Crippen LogP contribution in [0.5, 0.6) is 0 Å². The van der Waals surface area contributed by atoms with E-state index >= 15 is 0 Å². The molecule has 1 aromatic carbocycles. The fraction of sp³-hybridized carbons (Fsp3) is 0.600. The average Bonchev–Trinajstić information content (AvgIpc) is 2.45. The molecule has 21 heavy (non-hydrogen) atoms. The minimum atomic E-state index is -4.08. The van der Waals surface area contributed by atoms with Crippen LogP contribution < -0.4 is 5.32 Å². The van der Waals surface area contributed by atoms with Crippen molar-refractivity contribution in [1.82, 2.24) is 9.80 Å². The van der Waals surface area contributed by atoms with Crippen molar-refractivity contribution in [2.24, 2.45) is 0 Å². The standard InChI is InChI=1S/C15H22F3N3/c16-15(17,18)13-21-11-9-20(10-12-21)8-4-7-19-14-5-2-1-3-6-14/h1-3,5-6,19H,4,7-13H2. The van der Waals surface area contributed by atoms with Crippen molar-refractivity contribution < 1.29 is 13.2 Å². The maximum Gasteiger partial charge on any atom is 0.401 e. The SMILES string of the molecule is FC(F)(F)CN1CCN(CCCNc2ccccc2)CC1. The maximum atomic E-state index is 12.3. The number of alkyl halides is 3. The van der Waals surface area contributed by atoms with E-state index in [4.69, 9.17) is 0 Å². The zero-order valence-corrected chi connectivity index (χ0v) is 12.1. The Kier molecular flexibility index (Phi) is 5.87. The predicted molar refractivity (Wildman–Crippen MR) is 78.5 cm³/mol. The number of hydrogen-bond donors (Lipinski definition) is 1. The average molecular weight is 301 g/mol. The summed E-state index contributed by atoms with van der Waals surface area (Å²) in [5.41, 5.74) is 1.10. The molecular formula is C15H22F3N3. The van der Waals surface area contributed by atoms with Gasteiger partial charge in [-0.25, -0.2) is 0 Å². The van der Waals surface area contributed by atoms with Gasteiger partial charge >= 0.3 is 6.18 Å². The molecule has 1 N–H and O–H groups in total. The molecule has 1 aliphatic rings. The van der Waals surface area contributed by atoms with Crippen LogP contribution in [0.4, 0.5) is 18.9 Å². The van der Waals surface area contributed by atoms with Crippen LogP contribution in [-0.2, 0) is 0 Å². The third-order valence-electron chi connectivity index (χ3n) is 3.62. The Hall–Kier alpha value is -1.27. The lowest BCUT2D eigenvalue weighted by Gasteiger charge is -2.34. The monoisotopic (exact) mass is 301 g/mol. The molecule has 1 aromatic rings. The first kappa shape index (κ1) is 16.1. The molecule has 3 nitrogen and oxygen atoms in total. The molecule has 0 unspecified atom stereocenters. The Bertz CT molecular complexity index is 400. The smallest absolute Gasteiger partial charge is 0.385 e. The summed E-state index contributed by atoms with van der Waals surface area (Å²) >= 11 is 0. The predicted octanol–water partition coefficient (Wildman–Crippen LogP) is 2.67. The first-order valence-corrected chi connectivity index (χ1v) is 7.33. The molecule has 0 spiro atoms. The fourth-order valence-corrected chi connectivity index (χ4v) is 2.52. The van der Waals surface area contributed by atoms with Gasteiger partial charge in [0.2, 0.25) is 0 Å². The Balaban J connectivity index is 1.57. The van der Waals surface area contributed by atoms with E-state index in [1.54, 1.807) is 0 Å². The zero-order chi connectivity index (χ0) is 15.1. The van der Waals surface area contributed by atoms with Crippen molar-refractivity contribution >= 4 is 5.69 Å². The van der Waals surface area contributed by atoms with Gasteiger partial charge in [0.25, 0.3) is 0 Å². The van der Waals surface area contributed by atoms with Crippen LogP contribution in [0.1, 0.15) is 6.42 Å². The number of nitrogens with one attached hydrogen (secondary N) is 1. The minimum Gasteiger partial charge on any atom is -0.385 e. The molecule has 1 saturated heterocycles. The molecular weight excluding hydrogens is 279 g/mol. The molecule has 1 fully saturated rings. The number of nitrogens with zero attached hydrogens (tertiary/aromatic N) is 2. The van der Waals surface area contributed by atoms with Crippen LogP contribution in [-0.4, -0.2) is 61.8 Å². The summed E-state index contributed by atoms with van der Waals surface area (Å²) < 4.78 is 36.9. The van der Waals surface area contributed by atoms with Gasteiger partial charge in [-0.15, -0.1) is 0 Å². The van der Waals surface area contributed by atoms with Crippen molar-refractivity contribution in [3.8, 4) is 0 Å². The van der Waals surface area contributed by atoms with Crippen molar-refractivity contribution in [3.63, 3.8) is 0 Å². The van der Waals surface area contributed by atoms with Gasteiger partial charge in [0.05, 0.1) is 6.54 Å². The van der Waals surface area contributed by atoms with E-state index < -0.39 is 12.7 Å². The number of hydrogen-bond acceptors (Lipinski definition) is 3. The largest absolute Gasteiger partial charge is 0.401 e. The van der Waals surface area contributed by atoms with Gasteiger partial charge in [-0.1, -0.05) is 18.2 Å². The molecule has 0 amide bonds. The molecule has 118 valence electrons. The maximum absolute atomic E-state index is 12.3. The number of benzene rings is 1. The summed E-state index contributed by atoms with van der Waals surface area (Å²) in [7, 11) is 0. The van der Waals surface area contributed by atoms with E-state index in [1.807, 2.05) is 30.3 Å². The van der Waals surface area contributed by atoms with Gasteiger partial charge in [0.15, 0.2) is 0 Å². The van der Waals surface area contributed by atoms with Crippen molar-refractivity contribution in [3.05, 3.63) is 30.3 Å². The second kappa shape index (κ2) is 7.66. The van der Waals surface area contributed by atoms with Crippen LogP contribution in [0.15, 0.2) is 30.3 Å². The van der Waals surface area contributed by atoms with Crippen LogP contribution in [0, 0.1) is 0 Å². The normalized spacial score (nSPS) is 17.9. The Morgan fingerprint density at radius 3 is 2.19 bits per heavy atom. The third-order valence-corrected chi connectivity index (χ3v) is 3.62. The van der Waals surface area contributed by atoms with Gasteiger partial charge in [-0.05, 0) is 25.1 Å². The van der Waals surface area contributed by atoms with Crippen molar-refractivity contribution in [2.45, 2.75) is 12.6 Å². The summed E-state index contributed by atoms with van der Waals surface area (Å²) in [5, 5.41) is 3.34. The van der Waals surface area contributed by atoms with E-state index in [2.05, 4.69) is 10.2 Å². The summed E-state index contributed by atoms with van der Waals surface area (Å²) in [5.74, 6) is 0. The highest BCUT2D eigenvalue weighted by Crippen LogP contribution is 2.17. The Labute approximate surface area is 123 Å². The number of piperazine rings is 1. The highest BCUT2D eigenvalue weighted by Gasteiger charge is 2.31. The summed E-state index contributed by atoms with van der Waals surface area (Å²) in [6.45, 7) is 3.49. The highest BCUT2D eigenvalue weighted by molar-refractivity contribution is 5.42. The quantitative estimate of drug-likeness (QED) is 0.815. The molecule has 2 rings (SSSR count). The summed E-state index contributed by atoms with van der Waals surface area (Å²) in [4.78, 5) is 3.72. The van der Waals surface area contributed by atoms with E-state index in [9.17, 15) is 13.2 Å². The topological polar surface area (TPSA) is 18.5 Å². The van der Waals surface area contributed by atoms with Gasteiger partial charge in [0, 0.05) is 38.4 Å². The number of rotatable bonds is 6. The molecule has 0 aliphatic carbocycles. The molecule has 6 heteroatoms. The Morgan fingerprint density at radius 2 is 1.57 bits per heavy atom. The molecule has 0 saturated carbocycles. The molecule has 1 heterocycles. The lowest BCUT2D eigenvalue weighted by atomic mass is 10.2. The number of anilines is 1. The van der Waals surface area contributed by atoms with Gasteiger partial charge in [-0.3, -0.25) is 4.90 Å². The lowest BCUT2D eigenvalue weighted by Crippen LogP contribution is -2.49. The minimum absolute atomic E-state index is 0.506. The molecule has 1 aliphatic heterocycles. The van der Waals surface area contributed by atoms with E-state index in [0.717, 1.165) is 38.3 Å². The molecule has 0 bridgehead atoms. The first-order valence-electron chi connectivity index (χ1n) is 7.33. The van der Waals surface area contributed by atoms with E-state index in [1.165, 1.54) is 4.90 Å². The van der Waals surface area contributed by atoms with Gasteiger partial charge in [-0.2, -0.15) is 13.2 Å². The number of para-hydroxylation sites is 1. The van der Waals surface area contributed by atoms with Gasteiger partial charge in [0.1, 0.15) is 0 Å². The second-order valence-corrected chi connectivity index (χ2v) is 5.38. The first-order chi connectivity index (χ1) is 10.0. The van der Waals surface area contributed by atoms with Crippen LogP contribution in [0.25, 0.3) is 0 Å². The van der Waals surface area contributed by atoms with Crippen LogP contribution >= 0.6 is 0 Å². The van der Waals surface area contributed by atoms with E-state index in [0.29, 0.717) is 13.1 Å². The summed E-state index contributed by atoms with van der Waals surface area (Å²) in [6, 6.07) is 10.0. The van der Waals surface area contributed by atoms with Crippen molar-refractivity contribution in [1.29, 1.82) is 0 Å². The third kappa shape index (κ3) is 6.35. The fourth-order valence-electron chi connectivity index (χ4n) is 2.52. The Morgan fingerprint density at radius 1 is 0.952 bits per heavy atom. The lowest BCUT2D eigenvalue weighted by molar-refractivity contribution is -0.149. The molecule has 0 aromatic heterocycles. The van der Waals surface area contributed by atoms with Crippen LogP contribution in [0.2, 0.25) is 0 Å². The summed E-state index contributed by atoms with van der Waals surface area (Å²) in [6.07, 6.45) is -3.09. The zero-order valence-electron chi connectivity index (χ0n) is 12.1. The van der Waals surface area contributed by atoms with Gasteiger partial charge < -0.3 is 10.2 Å². The van der Waals surface area contributed by atoms with Crippen LogP contribution in [0.3, 0.4) is 0 Å². The molecule has 0 atom stereocenters. The van der Waals surface area contributed by atoms with E-state index in [-0.39, 0.29) is 0 Å². The second-order valence-electron chi connectivity index (χ2n) is 5.38. The van der Waals surface area contributed by atoms with Crippen molar-refractivity contribution in [2.75, 3.05) is 51.1 Å². The highest BCUT2D eigenvalue weighted by atomic mass is 19.4. The number of halogens is 3.